The van der Waals surface area contributed by atoms with E-state index in [-0.39, 0.29) is 17.9 Å². The number of fused-ring (bicyclic) bond motifs is 1. The average Bonchev–Trinajstić information content (AvgIpc) is 2.37. The molecule has 2 nitrogen and oxygen atoms in total. The van der Waals surface area contributed by atoms with Crippen molar-refractivity contribution in [3.63, 3.8) is 0 Å². The van der Waals surface area contributed by atoms with E-state index in [2.05, 4.69) is 5.32 Å². The Balaban J connectivity index is 2.30. The minimum absolute atomic E-state index is 0.0816. The summed E-state index contributed by atoms with van der Waals surface area (Å²) in [7, 11) is 0. The van der Waals surface area contributed by atoms with Gasteiger partial charge in [-0.25, -0.2) is 8.78 Å². The van der Waals surface area contributed by atoms with Crippen molar-refractivity contribution in [3.8, 4) is 0 Å². The monoisotopic (exact) mass is 295 g/mol. The smallest absolute Gasteiger partial charge is 0.326 e. The summed E-state index contributed by atoms with van der Waals surface area (Å²) in [5.41, 5.74) is 1.04. The van der Waals surface area contributed by atoms with Crippen molar-refractivity contribution >= 4 is 23.2 Å². The number of benzene rings is 1. The Kier molecular flexibility index (Phi) is 3.71. The molecule has 0 bridgehead atoms. The molecule has 104 valence electrons. The molecule has 1 N–H and O–H groups in total. The molecule has 1 atom stereocenters. The molecule has 1 aliphatic heterocycles. The molecule has 0 aliphatic carbocycles. The zero-order chi connectivity index (χ0) is 14.2. The maximum Gasteiger partial charge on any atom is 0.327 e. The standard InChI is InChI=1S/C12H10ClF4NO/c13-10(12(16,17)11(14)15)7-1-3-8-6(5-7)2-4-9(19)18-8/h1,3,5,10-11H,2,4H2,(H,18,19). The number of alkyl halides is 5. The zero-order valence-electron chi connectivity index (χ0n) is 9.60. The lowest BCUT2D eigenvalue weighted by atomic mass is 9.97. The van der Waals surface area contributed by atoms with E-state index >= 15 is 0 Å². The Morgan fingerprint density at radius 2 is 1.95 bits per heavy atom. The second kappa shape index (κ2) is 5.00. The molecule has 1 unspecified atom stereocenters. The maximum atomic E-state index is 13.2. The summed E-state index contributed by atoms with van der Waals surface area (Å²) in [5, 5.41) is 0.468. The largest absolute Gasteiger partial charge is 0.327 e. The van der Waals surface area contributed by atoms with Crippen LogP contribution in [0.5, 0.6) is 0 Å². The van der Waals surface area contributed by atoms with Crippen molar-refractivity contribution < 1.29 is 22.4 Å². The van der Waals surface area contributed by atoms with Crippen molar-refractivity contribution in [3.05, 3.63) is 29.3 Å². The summed E-state index contributed by atoms with van der Waals surface area (Å²) in [4.78, 5) is 11.1. The third-order valence-electron chi connectivity index (χ3n) is 2.95. The van der Waals surface area contributed by atoms with E-state index in [1.165, 1.54) is 18.2 Å². The number of rotatable bonds is 3. The Morgan fingerprint density at radius 1 is 1.26 bits per heavy atom. The van der Waals surface area contributed by atoms with Crippen LogP contribution in [0.25, 0.3) is 0 Å². The van der Waals surface area contributed by atoms with Crippen LogP contribution in [0.1, 0.15) is 22.9 Å². The first-order valence-electron chi connectivity index (χ1n) is 5.55. The van der Waals surface area contributed by atoms with Gasteiger partial charge in [-0.3, -0.25) is 4.79 Å². The molecule has 2 rings (SSSR count). The van der Waals surface area contributed by atoms with Crippen LogP contribution in [0.4, 0.5) is 23.2 Å². The summed E-state index contributed by atoms with van der Waals surface area (Å²) in [6.07, 6.45) is -3.22. The van der Waals surface area contributed by atoms with Crippen LogP contribution in [-0.2, 0) is 11.2 Å². The van der Waals surface area contributed by atoms with E-state index in [1.807, 2.05) is 0 Å². The number of hydrogen-bond donors (Lipinski definition) is 1. The molecule has 7 heteroatoms. The molecule has 1 aromatic rings. The minimum atomic E-state index is -4.30. The molecule has 0 aromatic heterocycles. The van der Waals surface area contributed by atoms with Gasteiger partial charge < -0.3 is 5.32 Å². The number of halogens is 5. The van der Waals surface area contributed by atoms with Crippen LogP contribution in [0.2, 0.25) is 0 Å². The van der Waals surface area contributed by atoms with Gasteiger partial charge in [0.25, 0.3) is 0 Å². The fraction of sp³-hybridized carbons (Fsp3) is 0.417. The van der Waals surface area contributed by atoms with Crippen molar-refractivity contribution in [2.45, 2.75) is 30.6 Å². The molecule has 0 saturated carbocycles. The average molecular weight is 296 g/mol. The highest BCUT2D eigenvalue weighted by molar-refractivity contribution is 6.21. The van der Waals surface area contributed by atoms with Crippen LogP contribution >= 0.6 is 11.6 Å². The number of carbonyl (C=O) groups excluding carboxylic acids is 1. The van der Waals surface area contributed by atoms with Gasteiger partial charge in [0.15, 0.2) is 0 Å². The van der Waals surface area contributed by atoms with Gasteiger partial charge in [-0.05, 0) is 23.6 Å². The third kappa shape index (κ3) is 2.68. The van der Waals surface area contributed by atoms with Crippen LogP contribution in [0.15, 0.2) is 18.2 Å². The van der Waals surface area contributed by atoms with Crippen molar-refractivity contribution in [2.24, 2.45) is 0 Å². The van der Waals surface area contributed by atoms with Crippen LogP contribution in [-0.4, -0.2) is 18.3 Å². The first kappa shape index (κ1) is 14.1. The predicted molar refractivity (Wildman–Crippen MR) is 62.9 cm³/mol. The SMILES string of the molecule is O=C1CCc2cc(C(Cl)C(F)(F)C(F)F)ccc2N1. The van der Waals surface area contributed by atoms with Gasteiger partial charge in [0, 0.05) is 12.1 Å². The Morgan fingerprint density at radius 3 is 2.58 bits per heavy atom. The summed E-state index contributed by atoms with van der Waals surface area (Å²) in [6, 6.07) is 3.96. The number of anilines is 1. The molecule has 0 radical (unpaired) electrons. The van der Waals surface area contributed by atoms with Gasteiger partial charge in [0.05, 0.1) is 0 Å². The van der Waals surface area contributed by atoms with Crippen molar-refractivity contribution in [1.29, 1.82) is 0 Å². The lowest BCUT2D eigenvalue weighted by molar-refractivity contribution is -0.130. The van der Waals surface area contributed by atoms with Crippen molar-refractivity contribution in [2.75, 3.05) is 5.32 Å². The van der Waals surface area contributed by atoms with E-state index in [0.29, 0.717) is 17.7 Å². The van der Waals surface area contributed by atoms with E-state index in [4.69, 9.17) is 11.6 Å². The zero-order valence-corrected chi connectivity index (χ0v) is 10.4. The summed E-state index contributed by atoms with van der Waals surface area (Å²) >= 11 is 5.45. The van der Waals surface area contributed by atoms with Crippen LogP contribution in [0, 0.1) is 0 Å². The van der Waals surface area contributed by atoms with E-state index in [0.717, 1.165) is 0 Å². The van der Waals surface area contributed by atoms with Gasteiger partial charge >= 0.3 is 12.3 Å². The molecular weight excluding hydrogens is 286 g/mol. The molecule has 0 saturated heterocycles. The molecule has 0 spiro atoms. The van der Waals surface area contributed by atoms with Gasteiger partial charge in [-0.1, -0.05) is 12.1 Å². The normalized spacial score (nSPS) is 17.1. The molecule has 1 amide bonds. The lowest BCUT2D eigenvalue weighted by Crippen LogP contribution is -2.31. The summed E-state index contributed by atoms with van der Waals surface area (Å²) in [6.45, 7) is 0. The van der Waals surface area contributed by atoms with E-state index in [1.54, 1.807) is 0 Å². The minimum Gasteiger partial charge on any atom is -0.326 e. The lowest BCUT2D eigenvalue weighted by Gasteiger charge is -2.23. The van der Waals surface area contributed by atoms with Gasteiger partial charge in [0.2, 0.25) is 5.91 Å². The Labute approximate surface area is 111 Å². The van der Waals surface area contributed by atoms with Gasteiger partial charge in [-0.15, -0.1) is 11.6 Å². The second-order valence-electron chi connectivity index (χ2n) is 4.30. The summed E-state index contributed by atoms with van der Waals surface area (Å²) in [5.74, 6) is -4.46. The number of nitrogens with one attached hydrogen (secondary N) is 1. The number of amides is 1. The molecule has 1 aromatic carbocycles. The van der Waals surface area contributed by atoms with E-state index < -0.39 is 17.7 Å². The second-order valence-corrected chi connectivity index (χ2v) is 4.74. The van der Waals surface area contributed by atoms with Crippen LogP contribution < -0.4 is 5.32 Å². The number of hydrogen-bond acceptors (Lipinski definition) is 1. The first-order valence-corrected chi connectivity index (χ1v) is 5.98. The van der Waals surface area contributed by atoms with Crippen LogP contribution in [0.3, 0.4) is 0 Å². The fourth-order valence-corrected chi connectivity index (χ4v) is 2.12. The number of aryl methyl sites for hydroxylation is 1. The quantitative estimate of drug-likeness (QED) is 0.668. The topological polar surface area (TPSA) is 29.1 Å². The summed E-state index contributed by atoms with van der Waals surface area (Å²) < 4.78 is 50.8. The highest BCUT2D eigenvalue weighted by Gasteiger charge is 2.48. The highest BCUT2D eigenvalue weighted by atomic mass is 35.5. The van der Waals surface area contributed by atoms with Gasteiger partial charge in [-0.2, -0.15) is 8.78 Å². The Bertz CT molecular complexity index is 507. The van der Waals surface area contributed by atoms with Crippen molar-refractivity contribution in [1.82, 2.24) is 0 Å². The molecule has 1 aliphatic rings. The Hall–Kier alpha value is -1.30. The third-order valence-corrected chi connectivity index (χ3v) is 3.49. The molecule has 19 heavy (non-hydrogen) atoms. The fourth-order valence-electron chi connectivity index (χ4n) is 1.89. The maximum absolute atomic E-state index is 13.2. The van der Waals surface area contributed by atoms with Gasteiger partial charge in [0.1, 0.15) is 5.38 Å². The predicted octanol–water partition coefficient (Wildman–Crippen LogP) is 3.75. The highest BCUT2D eigenvalue weighted by Crippen LogP contribution is 2.42. The molecule has 1 heterocycles. The first-order chi connectivity index (χ1) is 8.82. The molecular formula is C12H10ClF4NO. The van der Waals surface area contributed by atoms with E-state index in [9.17, 15) is 22.4 Å². The number of carbonyl (C=O) groups is 1. The molecule has 0 fully saturated rings.